The first kappa shape index (κ1) is 31.8. The van der Waals surface area contributed by atoms with Crippen LogP contribution in [0, 0.1) is 0 Å². The molecule has 5 heteroatoms. The normalized spacial score (nSPS) is 13.8. The second-order valence-corrected chi connectivity index (χ2v) is 15.0. The molecule has 0 atom stereocenters. The van der Waals surface area contributed by atoms with E-state index in [1.165, 1.54) is 60.8 Å². The van der Waals surface area contributed by atoms with E-state index in [1.807, 2.05) is 18.5 Å². The SMILES string of the molecule is C1=Cc2c(n(-c3ccc(-c4ccc(-n5c6ccccc6c6cc7c(cc65)C(c5ccccc5)(c5ccccc5)c5ncccc5-7)cc4)cc3)c3cccnc23)NC1. The fourth-order valence-electron chi connectivity index (χ4n) is 9.68. The van der Waals surface area contributed by atoms with Crippen LogP contribution in [0.25, 0.3) is 72.5 Å². The van der Waals surface area contributed by atoms with Crippen LogP contribution >= 0.6 is 0 Å². The molecule has 0 radical (unpaired) electrons. The minimum atomic E-state index is -0.574. The zero-order valence-corrected chi connectivity index (χ0v) is 31.0. The Balaban J connectivity index is 1.01. The van der Waals surface area contributed by atoms with E-state index in [0.717, 1.165) is 46.0 Å². The summed E-state index contributed by atoms with van der Waals surface area (Å²) in [6.07, 6.45) is 8.14. The average Bonchev–Trinajstić information content (AvgIpc) is 3.90. The van der Waals surface area contributed by atoms with Crippen LogP contribution < -0.4 is 5.32 Å². The Labute approximate surface area is 329 Å². The Kier molecular flexibility index (Phi) is 6.84. The highest BCUT2D eigenvalue weighted by molar-refractivity contribution is 6.12. The maximum atomic E-state index is 5.17. The van der Waals surface area contributed by atoms with Crippen molar-refractivity contribution in [2.45, 2.75) is 5.41 Å². The molecule has 10 aromatic rings. The number of nitrogens with one attached hydrogen (secondary N) is 1. The highest BCUT2D eigenvalue weighted by atomic mass is 15.1. The Hall–Kier alpha value is -7.50. The molecule has 2 aliphatic rings. The number of hydrogen-bond acceptors (Lipinski definition) is 3. The van der Waals surface area contributed by atoms with Crippen LogP contribution in [0.4, 0.5) is 5.82 Å². The number of hydrogen-bond donors (Lipinski definition) is 1. The molecule has 1 aliphatic carbocycles. The number of aromatic nitrogens is 4. The fourth-order valence-corrected chi connectivity index (χ4v) is 9.68. The molecular formula is C52H35N5. The van der Waals surface area contributed by atoms with E-state index in [9.17, 15) is 0 Å². The highest BCUT2D eigenvalue weighted by Gasteiger charge is 2.47. The molecular weight excluding hydrogens is 695 g/mol. The third-order valence-electron chi connectivity index (χ3n) is 12.1. The van der Waals surface area contributed by atoms with E-state index in [0.29, 0.717) is 0 Å². The highest BCUT2D eigenvalue weighted by Crippen LogP contribution is 2.56. The lowest BCUT2D eigenvalue weighted by atomic mass is 9.69. The molecule has 1 aliphatic heterocycles. The summed E-state index contributed by atoms with van der Waals surface area (Å²) in [6.45, 7) is 0.800. The molecule has 12 rings (SSSR count). The van der Waals surface area contributed by atoms with Gasteiger partial charge in [0.05, 0.1) is 33.2 Å². The van der Waals surface area contributed by atoms with E-state index in [4.69, 9.17) is 9.97 Å². The van der Waals surface area contributed by atoms with Gasteiger partial charge in [-0.1, -0.05) is 121 Å². The minimum absolute atomic E-state index is 0.574. The summed E-state index contributed by atoms with van der Waals surface area (Å²) in [7, 11) is 0. The van der Waals surface area contributed by atoms with Gasteiger partial charge in [0.15, 0.2) is 0 Å². The van der Waals surface area contributed by atoms with Crippen molar-refractivity contribution in [1.29, 1.82) is 0 Å². The van der Waals surface area contributed by atoms with E-state index in [1.54, 1.807) is 0 Å². The van der Waals surface area contributed by atoms with Crippen LogP contribution in [0.1, 0.15) is 27.9 Å². The Morgan fingerprint density at radius 2 is 1.14 bits per heavy atom. The van der Waals surface area contributed by atoms with Gasteiger partial charge in [-0.25, -0.2) is 0 Å². The lowest BCUT2D eigenvalue weighted by molar-refractivity contribution is 0.738. The zero-order chi connectivity index (χ0) is 37.5. The number of anilines is 1. The van der Waals surface area contributed by atoms with Crippen LogP contribution in [0.15, 0.2) is 188 Å². The Morgan fingerprint density at radius 1 is 0.509 bits per heavy atom. The molecule has 0 saturated carbocycles. The van der Waals surface area contributed by atoms with Crippen molar-refractivity contribution in [1.82, 2.24) is 19.1 Å². The third kappa shape index (κ3) is 4.51. The maximum Gasteiger partial charge on any atom is 0.120 e. The predicted octanol–water partition coefficient (Wildman–Crippen LogP) is 12.0. The average molecular weight is 730 g/mol. The molecule has 268 valence electrons. The van der Waals surface area contributed by atoms with E-state index < -0.39 is 5.41 Å². The molecule has 0 bridgehead atoms. The number of benzene rings is 6. The summed E-state index contributed by atoms with van der Waals surface area (Å²) >= 11 is 0. The molecule has 0 fully saturated rings. The second-order valence-electron chi connectivity index (χ2n) is 15.0. The molecule has 5 nitrogen and oxygen atoms in total. The van der Waals surface area contributed by atoms with Gasteiger partial charge in [0.1, 0.15) is 5.82 Å². The lowest BCUT2D eigenvalue weighted by Crippen LogP contribution is -2.29. The largest absolute Gasteiger partial charge is 0.367 e. The molecule has 0 spiro atoms. The van der Waals surface area contributed by atoms with Crippen LogP contribution in [0.5, 0.6) is 0 Å². The number of rotatable bonds is 5. The first-order chi connectivity index (χ1) is 28.3. The van der Waals surface area contributed by atoms with Gasteiger partial charge in [0.2, 0.25) is 0 Å². The van der Waals surface area contributed by atoms with Gasteiger partial charge in [-0.2, -0.15) is 0 Å². The minimum Gasteiger partial charge on any atom is -0.367 e. The number of nitrogens with zero attached hydrogens (tertiary/aromatic N) is 4. The van der Waals surface area contributed by atoms with Gasteiger partial charge < -0.3 is 9.88 Å². The third-order valence-corrected chi connectivity index (χ3v) is 12.1. The number of fused-ring (bicyclic) bond motifs is 9. The number of pyridine rings is 2. The standard InChI is InChI=1S/C52H35N5/c1-3-12-36(13-4-1)52(37-14-5-2-6-15-37)45-33-48-44(32-43(45)41-17-9-30-54-50(41)52)40-16-7-8-19-46(40)56(48)38-25-21-34(22-26-38)35-23-27-39(28-24-35)57-47-20-11-29-53-49(47)42-18-10-31-55-51(42)57/h1-30,32-33,55H,31H2. The topological polar surface area (TPSA) is 47.7 Å². The smallest absolute Gasteiger partial charge is 0.120 e. The van der Waals surface area contributed by atoms with E-state index in [-0.39, 0.29) is 0 Å². The van der Waals surface area contributed by atoms with Crippen molar-refractivity contribution in [2.75, 3.05) is 11.9 Å². The predicted molar refractivity (Wildman–Crippen MR) is 233 cm³/mol. The summed E-state index contributed by atoms with van der Waals surface area (Å²) in [5, 5.41) is 6.05. The molecule has 4 aromatic heterocycles. The lowest BCUT2D eigenvalue weighted by Gasteiger charge is -2.32. The summed E-state index contributed by atoms with van der Waals surface area (Å²) < 4.78 is 4.72. The van der Waals surface area contributed by atoms with Gasteiger partial charge >= 0.3 is 0 Å². The van der Waals surface area contributed by atoms with Gasteiger partial charge in [0, 0.05) is 52.2 Å². The Morgan fingerprint density at radius 3 is 1.88 bits per heavy atom. The van der Waals surface area contributed by atoms with Crippen molar-refractivity contribution in [2.24, 2.45) is 0 Å². The zero-order valence-electron chi connectivity index (χ0n) is 31.0. The van der Waals surface area contributed by atoms with Crippen molar-refractivity contribution < 1.29 is 0 Å². The molecule has 5 heterocycles. The first-order valence-electron chi connectivity index (χ1n) is 19.5. The molecule has 1 N–H and O–H groups in total. The van der Waals surface area contributed by atoms with Gasteiger partial charge in [-0.05, 0) is 94.0 Å². The van der Waals surface area contributed by atoms with Gasteiger partial charge in [-0.15, -0.1) is 0 Å². The second kappa shape index (κ2) is 12.3. The molecule has 0 unspecified atom stereocenters. The quantitative estimate of drug-likeness (QED) is 0.192. The van der Waals surface area contributed by atoms with E-state index in [2.05, 4.69) is 190 Å². The van der Waals surface area contributed by atoms with Crippen molar-refractivity contribution in [3.63, 3.8) is 0 Å². The fraction of sp³-hybridized carbons (Fsp3) is 0.0385. The van der Waals surface area contributed by atoms with Crippen molar-refractivity contribution in [3.05, 3.63) is 216 Å². The molecule has 57 heavy (non-hydrogen) atoms. The summed E-state index contributed by atoms with van der Waals surface area (Å²) in [5.41, 5.74) is 16.8. The monoisotopic (exact) mass is 729 g/mol. The Bertz CT molecular complexity index is 3170. The van der Waals surface area contributed by atoms with Crippen molar-refractivity contribution >= 4 is 44.7 Å². The summed E-state index contributed by atoms with van der Waals surface area (Å²) in [4.78, 5) is 9.89. The van der Waals surface area contributed by atoms with Crippen LogP contribution in [-0.2, 0) is 5.41 Å². The molecule has 0 amide bonds. The van der Waals surface area contributed by atoms with Crippen LogP contribution in [0.3, 0.4) is 0 Å². The van der Waals surface area contributed by atoms with Gasteiger partial charge in [0.25, 0.3) is 0 Å². The van der Waals surface area contributed by atoms with Crippen LogP contribution in [0.2, 0.25) is 0 Å². The molecule has 6 aromatic carbocycles. The molecule has 0 saturated heterocycles. The van der Waals surface area contributed by atoms with Crippen molar-refractivity contribution in [3.8, 4) is 33.6 Å². The number of para-hydroxylation sites is 1. The van der Waals surface area contributed by atoms with Gasteiger partial charge in [-0.3, -0.25) is 14.5 Å². The summed E-state index contributed by atoms with van der Waals surface area (Å²) in [5.74, 6) is 1.09. The van der Waals surface area contributed by atoms with E-state index >= 15 is 0 Å². The summed E-state index contributed by atoms with van der Waals surface area (Å²) in [6, 6.07) is 61.8. The maximum absolute atomic E-state index is 5.17. The first-order valence-corrected chi connectivity index (χ1v) is 19.5. The van der Waals surface area contributed by atoms with Crippen LogP contribution in [-0.4, -0.2) is 25.6 Å².